The lowest BCUT2D eigenvalue weighted by Crippen LogP contribution is -2.57. The maximum atomic E-state index is 14.1. The number of thiophene rings is 1. The number of rotatable bonds is 5. The lowest BCUT2D eigenvalue weighted by molar-refractivity contribution is -0.135. The number of benzene rings is 2. The SMILES string of the molecule is C[C@@H]1CN(C(=O)CN2CCc3sccc3[C@@H]2c2cccc(F)c2)CCN1S(=O)(=O)c1cc(Cl)ccc1Cl. The first-order chi connectivity index (χ1) is 17.6. The van der Waals surface area contributed by atoms with Gasteiger partial charge >= 0.3 is 0 Å². The van der Waals surface area contributed by atoms with Crippen LogP contribution in [-0.4, -0.2) is 67.2 Å². The van der Waals surface area contributed by atoms with Crippen LogP contribution >= 0.6 is 34.5 Å². The zero-order chi connectivity index (χ0) is 26.3. The smallest absolute Gasteiger partial charge is 0.244 e. The molecule has 2 aromatic carbocycles. The summed E-state index contributed by atoms with van der Waals surface area (Å²) >= 11 is 13.9. The molecule has 3 heterocycles. The van der Waals surface area contributed by atoms with Crippen LogP contribution in [0, 0.1) is 5.82 Å². The number of amides is 1. The number of fused-ring (bicyclic) bond motifs is 1. The maximum absolute atomic E-state index is 14.1. The Bertz CT molecular complexity index is 1430. The number of carbonyl (C=O) groups excluding carboxylic acids is 1. The molecule has 11 heteroatoms. The molecule has 5 rings (SSSR count). The van der Waals surface area contributed by atoms with Gasteiger partial charge in [0.2, 0.25) is 15.9 Å². The second-order valence-corrected chi connectivity index (χ2v) is 13.1. The highest BCUT2D eigenvalue weighted by atomic mass is 35.5. The summed E-state index contributed by atoms with van der Waals surface area (Å²) in [4.78, 5) is 18.5. The van der Waals surface area contributed by atoms with Crippen molar-refractivity contribution in [3.63, 3.8) is 0 Å². The minimum Gasteiger partial charge on any atom is -0.339 e. The Balaban J connectivity index is 1.32. The molecule has 0 radical (unpaired) electrons. The summed E-state index contributed by atoms with van der Waals surface area (Å²) in [6.45, 7) is 3.30. The predicted octanol–water partition coefficient (Wildman–Crippen LogP) is 5.06. The van der Waals surface area contributed by atoms with E-state index >= 15 is 0 Å². The second kappa shape index (κ2) is 10.6. The molecule has 2 aliphatic heterocycles. The van der Waals surface area contributed by atoms with E-state index in [2.05, 4.69) is 11.0 Å². The third kappa shape index (κ3) is 5.30. The van der Waals surface area contributed by atoms with E-state index in [1.165, 1.54) is 33.4 Å². The summed E-state index contributed by atoms with van der Waals surface area (Å²) in [6, 6.07) is 12.3. The van der Waals surface area contributed by atoms with E-state index in [1.807, 2.05) is 11.4 Å². The lowest BCUT2D eigenvalue weighted by Gasteiger charge is -2.41. The van der Waals surface area contributed by atoms with Crippen LogP contribution in [0.5, 0.6) is 0 Å². The van der Waals surface area contributed by atoms with Crippen molar-refractivity contribution in [1.29, 1.82) is 0 Å². The Labute approximate surface area is 230 Å². The number of nitrogens with zero attached hydrogens (tertiary/aromatic N) is 3. The molecule has 1 saturated heterocycles. The summed E-state index contributed by atoms with van der Waals surface area (Å²) in [6.07, 6.45) is 0.828. The molecular weight excluding hydrogens is 556 g/mol. The third-order valence-corrected chi connectivity index (χ3v) is 10.7. The maximum Gasteiger partial charge on any atom is 0.244 e. The molecule has 1 aromatic heterocycles. The molecule has 6 nitrogen and oxygen atoms in total. The highest BCUT2D eigenvalue weighted by Gasteiger charge is 2.38. The first-order valence-electron chi connectivity index (χ1n) is 12.0. The van der Waals surface area contributed by atoms with Crippen LogP contribution < -0.4 is 0 Å². The third-order valence-electron chi connectivity index (χ3n) is 6.97. The van der Waals surface area contributed by atoms with Gasteiger partial charge in [-0.25, -0.2) is 12.8 Å². The fourth-order valence-corrected chi connectivity index (χ4v) is 8.46. The summed E-state index contributed by atoms with van der Waals surface area (Å²) < 4.78 is 42.1. The lowest BCUT2D eigenvalue weighted by atomic mass is 9.93. The number of carbonyl (C=O) groups is 1. The van der Waals surface area contributed by atoms with E-state index in [9.17, 15) is 17.6 Å². The largest absolute Gasteiger partial charge is 0.339 e. The Morgan fingerprint density at radius 3 is 2.68 bits per heavy atom. The number of hydrogen-bond donors (Lipinski definition) is 0. The highest BCUT2D eigenvalue weighted by molar-refractivity contribution is 7.89. The van der Waals surface area contributed by atoms with E-state index in [-0.39, 0.29) is 58.9 Å². The molecular formula is C26H26Cl2FN3O3S2. The van der Waals surface area contributed by atoms with E-state index in [0.717, 1.165) is 17.5 Å². The van der Waals surface area contributed by atoms with Crippen LogP contribution in [0.1, 0.15) is 29.0 Å². The van der Waals surface area contributed by atoms with Crippen molar-refractivity contribution in [2.75, 3.05) is 32.7 Å². The predicted molar refractivity (Wildman–Crippen MR) is 144 cm³/mol. The molecule has 3 aromatic rings. The van der Waals surface area contributed by atoms with Gasteiger partial charge in [-0.1, -0.05) is 35.3 Å². The van der Waals surface area contributed by atoms with Crippen molar-refractivity contribution in [1.82, 2.24) is 14.1 Å². The molecule has 2 atom stereocenters. The molecule has 0 N–H and O–H groups in total. The van der Waals surface area contributed by atoms with Gasteiger partial charge in [-0.3, -0.25) is 9.69 Å². The van der Waals surface area contributed by atoms with Crippen molar-refractivity contribution >= 4 is 50.5 Å². The van der Waals surface area contributed by atoms with Gasteiger partial charge in [0, 0.05) is 42.1 Å². The minimum absolute atomic E-state index is 0.0360. The molecule has 0 aliphatic carbocycles. The molecule has 0 saturated carbocycles. The van der Waals surface area contributed by atoms with Crippen LogP contribution in [0.25, 0.3) is 0 Å². The molecule has 1 amide bonds. The van der Waals surface area contributed by atoms with Gasteiger partial charge in [0.05, 0.1) is 17.6 Å². The minimum atomic E-state index is -3.88. The molecule has 0 spiro atoms. The average molecular weight is 583 g/mol. The molecule has 37 heavy (non-hydrogen) atoms. The topological polar surface area (TPSA) is 60.9 Å². The number of halogens is 3. The average Bonchev–Trinajstić information content (AvgIpc) is 3.34. The van der Waals surface area contributed by atoms with Crippen LogP contribution in [0.3, 0.4) is 0 Å². The fourth-order valence-electron chi connectivity index (χ4n) is 5.21. The van der Waals surface area contributed by atoms with Gasteiger partial charge in [0.1, 0.15) is 10.7 Å². The van der Waals surface area contributed by atoms with Crippen LogP contribution in [0.2, 0.25) is 10.0 Å². The molecule has 2 aliphatic rings. The van der Waals surface area contributed by atoms with Gasteiger partial charge in [-0.15, -0.1) is 11.3 Å². The van der Waals surface area contributed by atoms with Gasteiger partial charge < -0.3 is 4.90 Å². The Kier molecular flexibility index (Phi) is 7.64. The van der Waals surface area contributed by atoms with Gasteiger partial charge in [-0.05, 0) is 66.2 Å². The van der Waals surface area contributed by atoms with Gasteiger partial charge in [0.15, 0.2) is 0 Å². The van der Waals surface area contributed by atoms with E-state index in [1.54, 1.807) is 35.3 Å². The molecule has 196 valence electrons. The quantitative estimate of drug-likeness (QED) is 0.422. The van der Waals surface area contributed by atoms with E-state index in [4.69, 9.17) is 23.2 Å². The van der Waals surface area contributed by atoms with Crippen LogP contribution in [-0.2, 0) is 21.2 Å². The standard InChI is InChI=1S/C26H26Cl2FN3O3S2/c1-17-15-30(10-11-32(17)37(34,35)24-14-19(27)5-6-22(24)28)25(33)16-31-9-7-23-21(8-12-36-23)26(31)18-3-2-4-20(29)13-18/h2-6,8,12-14,17,26H,7,9-11,15-16H2,1H3/t17-,26+/m1/s1. The van der Waals surface area contributed by atoms with Crippen molar-refractivity contribution < 1.29 is 17.6 Å². The van der Waals surface area contributed by atoms with E-state index in [0.29, 0.717) is 6.54 Å². The van der Waals surface area contributed by atoms with Crippen LogP contribution in [0.4, 0.5) is 4.39 Å². The van der Waals surface area contributed by atoms with Crippen LogP contribution in [0.15, 0.2) is 58.8 Å². The van der Waals surface area contributed by atoms with Crippen molar-refractivity contribution in [3.05, 3.63) is 85.8 Å². The van der Waals surface area contributed by atoms with Crippen molar-refractivity contribution in [2.45, 2.75) is 30.3 Å². The van der Waals surface area contributed by atoms with E-state index < -0.39 is 16.1 Å². The number of hydrogen-bond acceptors (Lipinski definition) is 5. The Hall–Kier alpha value is -2.01. The monoisotopic (exact) mass is 581 g/mol. The highest BCUT2D eigenvalue weighted by Crippen LogP contribution is 2.38. The van der Waals surface area contributed by atoms with Crippen molar-refractivity contribution in [3.8, 4) is 0 Å². The van der Waals surface area contributed by atoms with Gasteiger partial charge in [-0.2, -0.15) is 4.31 Å². The zero-order valence-electron chi connectivity index (χ0n) is 20.1. The molecule has 1 fully saturated rings. The summed E-state index contributed by atoms with van der Waals surface area (Å²) in [5, 5.41) is 2.43. The van der Waals surface area contributed by atoms with Crippen molar-refractivity contribution in [2.24, 2.45) is 0 Å². The summed E-state index contributed by atoms with van der Waals surface area (Å²) in [5.41, 5.74) is 1.92. The first kappa shape index (κ1) is 26.6. The summed E-state index contributed by atoms with van der Waals surface area (Å²) in [7, 11) is -3.88. The van der Waals surface area contributed by atoms with Gasteiger partial charge in [0.25, 0.3) is 0 Å². The fraction of sp³-hybridized carbons (Fsp3) is 0.346. The zero-order valence-corrected chi connectivity index (χ0v) is 23.3. The number of piperazine rings is 1. The Morgan fingerprint density at radius 2 is 1.92 bits per heavy atom. The first-order valence-corrected chi connectivity index (χ1v) is 15.0. The normalized spacial score (nSPS) is 21.1. The number of sulfonamides is 1. The molecule has 0 bridgehead atoms. The molecule has 0 unspecified atom stereocenters. The summed E-state index contributed by atoms with van der Waals surface area (Å²) in [5.74, 6) is -0.387. The second-order valence-electron chi connectivity index (χ2n) is 9.36. The Morgan fingerprint density at radius 1 is 1.11 bits per heavy atom.